The van der Waals surface area contributed by atoms with Crippen LogP contribution in [0.25, 0.3) is 0 Å². The molecule has 1 heterocycles. The fourth-order valence-corrected chi connectivity index (χ4v) is 4.36. The third-order valence-corrected chi connectivity index (χ3v) is 5.70. The minimum Gasteiger partial charge on any atom is -0.395 e. The summed E-state index contributed by atoms with van der Waals surface area (Å²) in [5.74, 6) is -0.389. The van der Waals surface area contributed by atoms with Gasteiger partial charge in [0, 0.05) is 12.6 Å². The molecule has 2 atom stereocenters. The molecule has 0 bridgehead atoms. The van der Waals surface area contributed by atoms with Gasteiger partial charge < -0.3 is 5.73 Å². The number of sulfonamides is 1. The van der Waals surface area contributed by atoms with Crippen LogP contribution < -0.4 is 5.73 Å². The molecule has 106 valence electrons. The van der Waals surface area contributed by atoms with Crippen LogP contribution in [0.5, 0.6) is 0 Å². The predicted octanol–water partition coefficient (Wildman–Crippen LogP) is 2.22. The van der Waals surface area contributed by atoms with Gasteiger partial charge in [-0.3, -0.25) is 0 Å². The molecule has 1 aromatic carbocycles. The highest BCUT2D eigenvalue weighted by molar-refractivity contribution is 7.89. The number of para-hydroxylation sites is 1. The molecule has 1 aliphatic heterocycles. The van der Waals surface area contributed by atoms with Crippen LogP contribution in [0.1, 0.15) is 26.7 Å². The topological polar surface area (TPSA) is 63.4 Å². The van der Waals surface area contributed by atoms with Gasteiger partial charge in [0.1, 0.15) is 10.7 Å². The van der Waals surface area contributed by atoms with Gasteiger partial charge in [-0.05, 0) is 37.8 Å². The minimum absolute atomic E-state index is 0.0798. The minimum atomic E-state index is -3.73. The molecule has 0 saturated carbocycles. The molecule has 4 nitrogen and oxygen atoms in total. The van der Waals surface area contributed by atoms with Crippen LogP contribution in [0.3, 0.4) is 0 Å². The Hall–Kier alpha value is -1.14. The molecule has 1 aromatic rings. The molecular weight excluding hydrogens is 267 g/mol. The van der Waals surface area contributed by atoms with E-state index in [1.807, 2.05) is 13.8 Å². The summed E-state index contributed by atoms with van der Waals surface area (Å²) in [6.07, 6.45) is 1.82. The number of hydrogen-bond donors (Lipinski definition) is 1. The number of nitrogens with two attached hydrogens (primary N) is 1. The SMILES string of the molecule is CC1CCC(C)N(S(=O)(=O)c2cccc(F)c2N)C1. The monoisotopic (exact) mass is 286 g/mol. The summed E-state index contributed by atoms with van der Waals surface area (Å²) in [7, 11) is -3.73. The average Bonchev–Trinajstić information content (AvgIpc) is 2.35. The summed E-state index contributed by atoms with van der Waals surface area (Å²) in [6, 6.07) is 3.82. The quantitative estimate of drug-likeness (QED) is 0.848. The first-order valence-electron chi connectivity index (χ1n) is 6.40. The van der Waals surface area contributed by atoms with Gasteiger partial charge >= 0.3 is 0 Å². The Morgan fingerprint density at radius 1 is 1.32 bits per heavy atom. The third kappa shape index (κ3) is 2.60. The van der Waals surface area contributed by atoms with Crippen molar-refractivity contribution >= 4 is 15.7 Å². The Labute approximate surface area is 113 Å². The number of anilines is 1. The number of nitrogens with zero attached hydrogens (tertiary/aromatic N) is 1. The van der Waals surface area contributed by atoms with Crippen molar-refractivity contribution in [3.63, 3.8) is 0 Å². The Morgan fingerprint density at radius 3 is 2.68 bits per heavy atom. The van der Waals surface area contributed by atoms with Gasteiger partial charge in [-0.1, -0.05) is 13.0 Å². The Kier molecular flexibility index (Phi) is 3.82. The number of piperidine rings is 1. The van der Waals surface area contributed by atoms with Gasteiger partial charge in [0.05, 0.1) is 5.69 Å². The van der Waals surface area contributed by atoms with Crippen LogP contribution >= 0.6 is 0 Å². The summed E-state index contributed by atoms with van der Waals surface area (Å²) in [5, 5.41) is 0. The van der Waals surface area contributed by atoms with E-state index in [-0.39, 0.29) is 16.6 Å². The largest absolute Gasteiger partial charge is 0.395 e. The maximum absolute atomic E-state index is 13.4. The maximum Gasteiger partial charge on any atom is 0.245 e. The van der Waals surface area contributed by atoms with E-state index >= 15 is 0 Å². The van der Waals surface area contributed by atoms with Crippen molar-refractivity contribution in [2.24, 2.45) is 5.92 Å². The predicted molar refractivity (Wildman–Crippen MR) is 72.6 cm³/mol. The van der Waals surface area contributed by atoms with E-state index in [0.717, 1.165) is 18.9 Å². The van der Waals surface area contributed by atoms with Gasteiger partial charge in [0.15, 0.2) is 0 Å². The first-order chi connectivity index (χ1) is 8.84. The lowest BCUT2D eigenvalue weighted by molar-refractivity contribution is 0.218. The summed E-state index contributed by atoms with van der Waals surface area (Å²) in [6.45, 7) is 4.35. The summed E-state index contributed by atoms with van der Waals surface area (Å²) in [4.78, 5) is -0.131. The van der Waals surface area contributed by atoms with E-state index in [0.29, 0.717) is 12.5 Å². The molecule has 2 N–H and O–H groups in total. The molecular formula is C13H19FN2O2S. The molecule has 1 fully saturated rings. The van der Waals surface area contributed by atoms with Crippen LogP contribution in [0, 0.1) is 11.7 Å². The van der Waals surface area contributed by atoms with Gasteiger partial charge in [-0.2, -0.15) is 4.31 Å². The van der Waals surface area contributed by atoms with Crippen molar-refractivity contribution in [2.45, 2.75) is 37.6 Å². The highest BCUT2D eigenvalue weighted by atomic mass is 32.2. The van der Waals surface area contributed by atoms with Gasteiger partial charge in [0.25, 0.3) is 0 Å². The maximum atomic E-state index is 13.4. The van der Waals surface area contributed by atoms with Crippen molar-refractivity contribution < 1.29 is 12.8 Å². The van der Waals surface area contributed by atoms with Gasteiger partial charge in [-0.15, -0.1) is 0 Å². The van der Waals surface area contributed by atoms with E-state index in [2.05, 4.69) is 0 Å². The summed E-state index contributed by atoms with van der Waals surface area (Å²) in [5.41, 5.74) is 5.28. The molecule has 6 heteroatoms. The van der Waals surface area contributed by atoms with Gasteiger partial charge in [0.2, 0.25) is 10.0 Å². The average molecular weight is 286 g/mol. The zero-order chi connectivity index (χ0) is 14.2. The highest BCUT2D eigenvalue weighted by Crippen LogP contribution is 2.30. The van der Waals surface area contributed by atoms with Crippen molar-refractivity contribution in [1.29, 1.82) is 0 Å². The smallest absolute Gasteiger partial charge is 0.245 e. The molecule has 2 rings (SSSR count). The molecule has 0 amide bonds. The molecule has 0 aliphatic carbocycles. The standard InChI is InChI=1S/C13H19FN2O2S/c1-9-6-7-10(2)16(8-9)19(17,18)12-5-3-4-11(14)13(12)15/h3-5,9-10H,6-8,15H2,1-2H3. The van der Waals surface area contributed by atoms with Crippen LogP contribution in [0.2, 0.25) is 0 Å². The molecule has 1 saturated heterocycles. The Morgan fingerprint density at radius 2 is 2.00 bits per heavy atom. The van der Waals surface area contributed by atoms with E-state index in [4.69, 9.17) is 5.73 Å². The van der Waals surface area contributed by atoms with Crippen LogP contribution in [0.15, 0.2) is 23.1 Å². The third-order valence-electron chi connectivity index (χ3n) is 3.66. The molecule has 2 unspecified atom stereocenters. The molecule has 19 heavy (non-hydrogen) atoms. The van der Waals surface area contributed by atoms with Crippen LogP contribution in [0.4, 0.5) is 10.1 Å². The fourth-order valence-electron chi connectivity index (χ4n) is 2.45. The molecule has 0 radical (unpaired) electrons. The van der Waals surface area contributed by atoms with Gasteiger partial charge in [-0.25, -0.2) is 12.8 Å². The van der Waals surface area contributed by atoms with Crippen LogP contribution in [-0.4, -0.2) is 25.3 Å². The van der Waals surface area contributed by atoms with Crippen molar-refractivity contribution in [3.05, 3.63) is 24.0 Å². The van der Waals surface area contributed by atoms with E-state index in [1.54, 1.807) is 0 Å². The zero-order valence-corrected chi connectivity index (χ0v) is 12.0. The summed E-state index contributed by atoms with van der Waals surface area (Å²) < 4.78 is 40.1. The second kappa shape index (κ2) is 5.09. The van der Waals surface area contributed by atoms with E-state index in [9.17, 15) is 12.8 Å². The normalized spacial score (nSPS) is 25.4. The summed E-state index contributed by atoms with van der Waals surface area (Å²) >= 11 is 0. The van der Waals surface area contributed by atoms with E-state index in [1.165, 1.54) is 16.4 Å². The lowest BCUT2D eigenvalue weighted by atomic mass is 9.97. The first kappa shape index (κ1) is 14.3. The van der Waals surface area contributed by atoms with E-state index < -0.39 is 15.8 Å². The molecule has 1 aliphatic rings. The lowest BCUT2D eigenvalue weighted by Gasteiger charge is -2.35. The second-order valence-electron chi connectivity index (χ2n) is 5.26. The lowest BCUT2D eigenvalue weighted by Crippen LogP contribution is -2.45. The zero-order valence-electron chi connectivity index (χ0n) is 11.1. The Balaban J connectivity index is 2.44. The van der Waals surface area contributed by atoms with Crippen molar-refractivity contribution in [2.75, 3.05) is 12.3 Å². The number of benzene rings is 1. The van der Waals surface area contributed by atoms with Crippen LogP contribution in [-0.2, 0) is 10.0 Å². The molecule has 0 spiro atoms. The number of halogens is 1. The number of hydrogen-bond acceptors (Lipinski definition) is 3. The Bertz CT molecular complexity index is 574. The second-order valence-corrected chi connectivity index (χ2v) is 7.12. The number of nitrogen functional groups attached to an aromatic ring is 1. The highest BCUT2D eigenvalue weighted by Gasteiger charge is 2.34. The molecule has 0 aromatic heterocycles. The first-order valence-corrected chi connectivity index (χ1v) is 7.84. The fraction of sp³-hybridized carbons (Fsp3) is 0.538. The van der Waals surface area contributed by atoms with Crippen molar-refractivity contribution in [1.82, 2.24) is 4.31 Å². The van der Waals surface area contributed by atoms with Crippen molar-refractivity contribution in [3.8, 4) is 0 Å². The number of rotatable bonds is 2.